The van der Waals surface area contributed by atoms with E-state index in [4.69, 9.17) is 10.5 Å². The van der Waals surface area contributed by atoms with E-state index in [1.54, 1.807) is 17.2 Å². The molecule has 2 N–H and O–H groups in total. The van der Waals surface area contributed by atoms with Gasteiger partial charge in [0, 0.05) is 44.4 Å². The molecule has 0 saturated carbocycles. The third-order valence-electron chi connectivity index (χ3n) is 3.14. The Hall–Kier alpha value is -1.62. The Morgan fingerprint density at radius 2 is 2.24 bits per heavy atom. The van der Waals surface area contributed by atoms with Crippen LogP contribution < -0.4 is 5.73 Å². The fourth-order valence-corrected chi connectivity index (χ4v) is 2.01. The number of amides is 1. The highest BCUT2D eigenvalue weighted by Crippen LogP contribution is 2.18. The molecule has 92 valence electrons. The lowest BCUT2D eigenvalue weighted by atomic mass is 10.1. The van der Waals surface area contributed by atoms with E-state index < -0.39 is 0 Å². The summed E-state index contributed by atoms with van der Waals surface area (Å²) in [5.41, 5.74) is 6.73. The van der Waals surface area contributed by atoms with Crippen LogP contribution in [0.1, 0.15) is 23.2 Å². The number of ether oxygens (including phenoxy) is 1. The molecule has 5 nitrogen and oxygen atoms in total. The number of rotatable bonds is 2. The minimum atomic E-state index is -0.0671. The SMILES string of the molecule is CN(C(=O)c1cnccc1N)C1CCOCC1. The largest absolute Gasteiger partial charge is 0.398 e. The van der Waals surface area contributed by atoms with Gasteiger partial charge in [0.15, 0.2) is 0 Å². The molecule has 0 radical (unpaired) electrons. The first-order valence-electron chi connectivity index (χ1n) is 5.74. The number of nitrogens with zero attached hydrogens (tertiary/aromatic N) is 2. The van der Waals surface area contributed by atoms with Crippen LogP contribution in [-0.4, -0.2) is 42.1 Å². The van der Waals surface area contributed by atoms with Crippen LogP contribution in [0.4, 0.5) is 5.69 Å². The molecule has 0 aromatic carbocycles. The van der Waals surface area contributed by atoms with E-state index in [1.807, 2.05) is 7.05 Å². The van der Waals surface area contributed by atoms with Crippen LogP contribution in [-0.2, 0) is 4.74 Å². The van der Waals surface area contributed by atoms with Crippen LogP contribution in [0.2, 0.25) is 0 Å². The molecule has 0 atom stereocenters. The van der Waals surface area contributed by atoms with Crippen molar-refractivity contribution in [1.29, 1.82) is 0 Å². The summed E-state index contributed by atoms with van der Waals surface area (Å²) in [7, 11) is 1.81. The summed E-state index contributed by atoms with van der Waals surface area (Å²) >= 11 is 0. The topological polar surface area (TPSA) is 68.5 Å². The molecule has 0 unspecified atom stereocenters. The number of anilines is 1. The van der Waals surface area contributed by atoms with Gasteiger partial charge in [-0.15, -0.1) is 0 Å². The minimum absolute atomic E-state index is 0.0671. The molecule has 0 aliphatic carbocycles. The van der Waals surface area contributed by atoms with Crippen LogP contribution in [0, 0.1) is 0 Å². The molecule has 0 bridgehead atoms. The first-order chi connectivity index (χ1) is 8.20. The number of carbonyl (C=O) groups excluding carboxylic acids is 1. The van der Waals surface area contributed by atoms with E-state index in [9.17, 15) is 4.79 Å². The monoisotopic (exact) mass is 235 g/mol. The fraction of sp³-hybridized carbons (Fsp3) is 0.500. The fourth-order valence-electron chi connectivity index (χ4n) is 2.01. The molecule has 2 rings (SSSR count). The molecule has 1 aromatic rings. The van der Waals surface area contributed by atoms with Crippen LogP contribution in [0.25, 0.3) is 0 Å². The third-order valence-corrected chi connectivity index (χ3v) is 3.14. The van der Waals surface area contributed by atoms with Crippen molar-refractivity contribution in [3.63, 3.8) is 0 Å². The molecule has 0 spiro atoms. The van der Waals surface area contributed by atoms with E-state index in [-0.39, 0.29) is 11.9 Å². The Balaban J connectivity index is 2.11. The van der Waals surface area contributed by atoms with Crippen molar-refractivity contribution >= 4 is 11.6 Å². The molecule has 1 aromatic heterocycles. The number of carbonyl (C=O) groups is 1. The van der Waals surface area contributed by atoms with Gasteiger partial charge in [0.05, 0.1) is 5.56 Å². The number of pyridine rings is 1. The molecular formula is C12H17N3O2. The van der Waals surface area contributed by atoms with Gasteiger partial charge in [0.25, 0.3) is 5.91 Å². The second kappa shape index (κ2) is 5.14. The van der Waals surface area contributed by atoms with Crippen molar-refractivity contribution in [2.24, 2.45) is 0 Å². The second-order valence-electron chi connectivity index (χ2n) is 4.22. The van der Waals surface area contributed by atoms with E-state index in [1.165, 1.54) is 6.20 Å². The molecule has 5 heteroatoms. The van der Waals surface area contributed by atoms with Crippen LogP contribution in [0.3, 0.4) is 0 Å². The van der Waals surface area contributed by atoms with Gasteiger partial charge in [0.1, 0.15) is 0 Å². The molecule has 2 heterocycles. The average Bonchev–Trinajstić information content (AvgIpc) is 2.39. The van der Waals surface area contributed by atoms with Gasteiger partial charge in [-0.2, -0.15) is 0 Å². The number of nitrogen functional groups attached to an aromatic ring is 1. The third kappa shape index (κ3) is 2.55. The van der Waals surface area contributed by atoms with Gasteiger partial charge in [-0.1, -0.05) is 0 Å². The lowest BCUT2D eigenvalue weighted by molar-refractivity contribution is 0.0362. The molecule has 1 fully saturated rings. The summed E-state index contributed by atoms with van der Waals surface area (Å²) < 4.78 is 5.28. The Morgan fingerprint density at radius 1 is 1.53 bits per heavy atom. The normalized spacial score (nSPS) is 16.8. The number of hydrogen-bond acceptors (Lipinski definition) is 4. The Bertz CT molecular complexity index is 402. The van der Waals surface area contributed by atoms with E-state index in [2.05, 4.69) is 4.98 Å². The van der Waals surface area contributed by atoms with Gasteiger partial charge < -0.3 is 15.4 Å². The van der Waals surface area contributed by atoms with Crippen molar-refractivity contribution in [2.45, 2.75) is 18.9 Å². The lowest BCUT2D eigenvalue weighted by Crippen LogP contribution is -2.40. The smallest absolute Gasteiger partial charge is 0.257 e. The van der Waals surface area contributed by atoms with Crippen molar-refractivity contribution in [1.82, 2.24) is 9.88 Å². The zero-order chi connectivity index (χ0) is 12.3. The summed E-state index contributed by atoms with van der Waals surface area (Å²) in [6, 6.07) is 1.88. The highest BCUT2D eigenvalue weighted by Gasteiger charge is 2.24. The number of nitrogens with two attached hydrogens (primary N) is 1. The molecule has 17 heavy (non-hydrogen) atoms. The predicted molar refractivity (Wildman–Crippen MR) is 64.6 cm³/mol. The molecule has 1 saturated heterocycles. The van der Waals surface area contributed by atoms with Crippen molar-refractivity contribution in [2.75, 3.05) is 26.0 Å². The summed E-state index contributed by atoms with van der Waals surface area (Å²) in [5, 5.41) is 0. The van der Waals surface area contributed by atoms with E-state index in [0.29, 0.717) is 24.5 Å². The number of aromatic nitrogens is 1. The molecule has 1 amide bonds. The van der Waals surface area contributed by atoms with Gasteiger partial charge in [0.2, 0.25) is 0 Å². The predicted octanol–water partition coefficient (Wildman–Crippen LogP) is 0.915. The molecular weight excluding hydrogens is 218 g/mol. The van der Waals surface area contributed by atoms with Crippen molar-refractivity contribution in [3.05, 3.63) is 24.0 Å². The molecule has 1 aliphatic heterocycles. The zero-order valence-corrected chi connectivity index (χ0v) is 9.93. The highest BCUT2D eigenvalue weighted by molar-refractivity contribution is 5.98. The first kappa shape index (κ1) is 11.9. The lowest BCUT2D eigenvalue weighted by Gasteiger charge is -2.31. The maximum absolute atomic E-state index is 12.2. The second-order valence-corrected chi connectivity index (χ2v) is 4.22. The van der Waals surface area contributed by atoms with Crippen molar-refractivity contribution in [3.8, 4) is 0 Å². The minimum Gasteiger partial charge on any atom is -0.398 e. The summed E-state index contributed by atoms with van der Waals surface area (Å²) in [5.74, 6) is -0.0671. The average molecular weight is 235 g/mol. The zero-order valence-electron chi connectivity index (χ0n) is 9.93. The van der Waals surface area contributed by atoms with Gasteiger partial charge in [-0.05, 0) is 18.9 Å². The Labute approximate surface area is 101 Å². The van der Waals surface area contributed by atoms with Gasteiger partial charge in [-0.3, -0.25) is 9.78 Å². The van der Waals surface area contributed by atoms with E-state index >= 15 is 0 Å². The Morgan fingerprint density at radius 3 is 2.88 bits per heavy atom. The number of hydrogen-bond donors (Lipinski definition) is 1. The van der Waals surface area contributed by atoms with Crippen LogP contribution in [0.15, 0.2) is 18.5 Å². The summed E-state index contributed by atoms with van der Waals surface area (Å²) in [4.78, 5) is 17.9. The highest BCUT2D eigenvalue weighted by atomic mass is 16.5. The summed E-state index contributed by atoms with van der Waals surface area (Å²) in [6.07, 6.45) is 4.86. The van der Waals surface area contributed by atoms with E-state index in [0.717, 1.165) is 12.8 Å². The quantitative estimate of drug-likeness (QED) is 0.827. The standard InChI is InChI=1S/C12H17N3O2/c1-15(9-3-6-17-7-4-9)12(16)10-8-14-5-2-11(10)13/h2,5,8-9H,3-4,6-7H2,1H3,(H2,13,14). The Kier molecular flexibility index (Phi) is 3.58. The van der Waals surface area contributed by atoms with Crippen LogP contribution >= 0.6 is 0 Å². The maximum atomic E-state index is 12.2. The van der Waals surface area contributed by atoms with Crippen LogP contribution in [0.5, 0.6) is 0 Å². The summed E-state index contributed by atoms with van der Waals surface area (Å²) in [6.45, 7) is 1.43. The van der Waals surface area contributed by atoms with Crippen molar-refractivity contribution < 1.29 is 9.53 Å². The maximum Gasteiger partial charge on any atom is 0.257 e. The first-order valence-corrected chi connectivity index (χ1v) is 5.74. The molecule has 1 aliphatic rings. The van der Waals surface area contributed by atoms with Gasteiger partial charge in [-0.25, -0.2) is 0 Å². The van der Waals surface area contributed by atoms with Gasteiger partial charge >= 0.3 is 0 Å².